The lowest BCUT2D eigenvalue weighted by Crippen LogP contribution is -1.94. The van der Waals surface area contributed by atoms with Gasteiger partial charge in [-0.3, -0.25) is 0 Å². The van der Waals surface area contributed by atoms with Crippen molar-refractivity contribution < 1.29 is 4.42 Å². The summed E-state index contributed by atoms with van der Waals surface area (Å²) in [5.74, 6) is 0. The van der Waals surface area contributed by atoms with Crippen LogP contribution in [0.3, 0.4) is 0 Å². The third-order valence-corrected chi connectivity index (χ3v) is 11.8. The van der Waals surface area contributed by atoms with Crippen LogP contribution < -0.4 is 0 Å². The van der Waals surface area contributed by atoms with Crippen LogP contribution in [-0.2, 0) is 0 Å². The van der Waals surface area contributed by atoms with Gasteiger partial charge in [-0.25, -0.2) is 0 Å². The van der Waals surface area contributed by atoms with Crippen molar-refractivity contribution in [3.05, 3.63) is 194 Å². The van der Waals surface area contributed by atoms with Crippen molar-refractivity contribution in [1.29, 1.82) is 0 Å². The van der Waals surface area contributed by atoms with Gasteiger partial charge in [0.2, 0.25) is 0 Å². The molecule has 0 atom stereocenters. The van der Waals surface area contributed by atoms with Gasteiger partial charge < -0.3 is 4.42 Å². The second-order valence-electron chi connectivity index (χ2n) is 14.8. The quantitative estimate of drug-likeness (QED) is 0.168. The summed E-state index contributed by atoms with van der Waals surface area (Å²) in [6, 6.07) is 71.2. The molecule has 12 aromatic rings. The monoisotopic (exact) mass is 696 g/mol. The van der Waals surface area contributed by atoms with Gasteiger partial charge in [0.05, 0.1) is 0 Å². The highest BCUT2D eigenvalue weighted by atomic mass is 16.3. The van der Waals surface area contributed by atoms with Gasteiger partial charge in [-0.15, -0.1) is 0 Å². The number of benzene rings is 11. The molecular formula is C54H32O. The zero-order valence-corrected chi connectivity index (χ0v) is 29.9. The van der Waals surface area contributed by atoms with Crippen molar-refractivity contribution in [2.75, 3.05) is 0 Å². The van der Waals surface area contributed by atoms with E-state index in [0.717, 1.165) is 21.9 Å². The van der Waals surface area contributed by atoms with Gasteiger partial charge in [-0.2, -0.15) is 0 Å². The number of rotatable bonds is 3. The van der Waals surface area contributed by atoms with E-state index in [1.54, 1.807) is 0 Å². The van der Waals surface area contributed by atoms with Crippen LogP contribution in [0.4, 0.5) is 0 Å². The van der Waals surface area contributed by atoms with Crippen LogP contribution in [0.5, 0.6) is 0 Å². The molecule has 0 saturated heterocycles. The maximum atomic E-state index is 6.45. The third-order valence-electron chi connectivity index (χ3n) is 11.8. The van der Waals surface area contributed by atoms with E-state index in [-0.39, 0.29) is 0 Å². The van der Waals surface area contributed by atoms with Gasteiger partial charge in [-0.1, -0.05) is 164 Å². The maximum Gasteiger partial charge on any atom is 0.136 e. The lowest BCUT2D eigenvalue weighted by molar-refractivity contribution is 0.669. The Balaban J connectivity index is 1.18. The topological polar surface area (TPSA) is 13.1 Å². The smallest absolute Gasteiger partial charge is 0.136 e. The first-order valence-corrected chi connectivity index (χ1v) is 19.0. The molecule has 1 heteroatoms. The molecule has 0 spiro atoms. The Morgan fingerprint density at radius 3 is 1.09 bits per heavy atom. The Morgan fingerprint density at radius 1 is 0.218 bits per heavy atom. The largest absolute Gasteiger partial charge is 0.456 e. The van der Waals surface area contributed by atoms with Gasteiger partial charge in [0.15, 0.2) is 0 Å². The fourth-order valence-electron chi connectivity index (χ4n) is 9.38. The molecule has 0 radical (unpaired) electrons. The van der Waals surface area contributed by atoms with Gasteiger partial charge in [-0.05, 0) is 128 Å². The van der Waals surface area contributed by atoms with Crippen LogP contribution in [0, 0.1) is 0 Å². The summed E-state index contributed by atoms with van der Waals surface area (Å²) < 4.78 is 6.45. The van der Waals surface area contributed by atoms with Crippen molar-refractivity contribution in [3.63, 3.8) is 0 Å². The molecule has 11 aromatic carbocycles. The number of furan rings is 1. The highest BCUT2D eigenvalue weighted by Gasteiger charge is 2.23. The van der Waals surface area contributed by atoms with Crippen molar-refractivity contribution >= 4 is 86.6 Å². The Kier molecular flexibility index (Phi) is 6.40. The summed E-state index contributed by atoms with van der Waals surface area (Å²) in [6.45, 7) is 0. The number of hydrogen-bond donors (Lipinski definition) is 0. The molecule has 1 nitrogen and oxygen atoms in total. The Hall–Kier alpha value is -7.22. The first-order valence-electron chi connectivity index (χ1n) is 19.0. The summed E-state index contributed by atoms with van der Waals surface area (Å²) in [5.41, 5.74) is 9.31. The van der Waals surface area contributed by atoms with E-state index < -0.39 is 0 Å². The van der Waals surface area contributed by atoms with Crippen molar-refractivity contribution in [2.45, 2.75) is 0 Å². The van der Waals surface area contributed by atoms with E-state index in [4.69, 9.17) is 4.42 Å². The third kappa shape index (κ3) is 4.48. The Labute approximate surface area is 317 Å². The standard InChI is InChI=1S/C54H32O/c1-2-14-34-29-37(26-25-33(34)13-1)51-39-17-5-9-21-43(39)53(44-22-10-6-18-40(44)51)54-45-23-11-7-19-41(45)52(42-20-8-12-24-46(42)54)38-27-28-49-47(31-38)48-30-35-15-3-4-16-36(35)32-50(48)55-49/h1-32H. The predicted octanol–water partition coefficient (Wildman–Crippen LogP) is 15.5. The van der Waals surface area contributed by atoms with Crippen molar-refractivity contribution in [2.24, 2.45) is 0 Å². The molecule has 1 heterocycles. The number of fused-ring (bicyclic) bond motifs is 9. The van der Waals surface area contributed by atoms with Crippen molar-refractivity contribution in [1.82, 2.24) is 0 Å². The van der Waals surface area contributed by atoms with Crippen LogP contribution in [-0.4, -0.2) is 0 Å². The molecule has 12 rings (SSSR count). The minimum Gasteiger partial charge on any atom is -0.456 e. The normalized spacial score (nSPS) is 12.0. The molecule has 55 heavy (non-hydrogen) atoms. The fourth-order valence-corrected chi connectivity index (χ4v) is 9.38. The minimum atomic E-state index is 0.906. The van der Waals surface area contributed by atoms with Gasteiger partial charge >= 0.3 is 0 Å². The average Bonchev–Trinajstić information content (AvgIpc) is 3.60. The second-order valence-corrected chi connectivity index (χ2v) is 14.8. The van der Waals surface area contributed by atoms with Gasteiger partial charge in [0, 0.05) is 10.8 Å². The molecule has 0 fully saturated rings. The highest BCUT2D eigenvalue weighted by Crippen LogP contribution is 2.50. The maximum absolute atomic E-state index is 6.45. The van der Waals surface area contributed by atoms with Gasteiger partial charge in [0.25, 0.3) is 0 Å². The lowest BCUT2D eigenvalue weighted by Gasteiger charge is -2.22. The molecule has 0 aliphatic rings. The first-order chi connectivity index (χ1) is 27.3. The predicted molar refractivity (Wildman–Crippen MR) is 235 cm³/mol. The lowest BCUT2D eigenvalue weighted by atomic mass is 9.81. The minimum absolute atomic E-state index is 0.906. The molecule has 0 N–H and O–H groups in total. The molecule has 1 aromatic heterocycles. The summed E-state index contributed by atoms with van der Waals surface area (Å²) in [6.07, 6.45) is 0. The average molecular weight is 697 g/mol. The zero-order valence-electron chi connectivity index (χ0n) is 29.9. The SMILES string of the molecule is c1ccc2cc(-c3c4ccccc4c(-c4c5ccccc5c(-c5ccc6oc7cc8ccccc8cc7c6c5)c5ccccc45)c4ccccc34)ccc2c1. The summed E-state index contributed by atoms with van der Waals surface area (Å²) in [5, 5.41) is 17.2. The summed E-state index contributed by atoms with van der Waals surface area (Å²) in [7, 11) is 0. The highest BCUT2D eigenvalue weighted by molar-refractivity contribution is 6.30. The fraction of sp³-hybridized carbons (Fsp3) is 0. The molecular weight excluding hydrogens is 665 g/mol. The molecule has 0 saturated carbocycles. The first kappa shape index (κ1) is 30.3. The number of hydrogen-bond acceptors (Lipinski definition) is 1. The molecule has 0 aliphatic heterocycles. The van der Waals surface area contributed by atoms with E-state index in [0.29, 0.717) is 0 Å². The molecule has 0 unspecified atom stereocenters. The Morgan fingerprint density at radius 2 is 0.582 bits per heavy atom. The second kappa shape index (κ2) is 11.6. The van der Waals surface area contributed by atoms with E-state index in [1.807, 2.05) is 0 Å². The molecule has 0 bridgehead atoms. The zero-order chi connectivity index (χ0) is 36.0. The molecule has 254 valence electrons. The van der Waals surface area contributed by atoms with Crippen molar-refractivity contribution in [3.8, 4) is 33.4 Å². The van der Waals surface area contributed by atoms with E-state index >= 15 is 0 Å². The Bertz CT molecular complexity index is 3430. The van der Waals surface area contributed by atoms with Gasteiger partial charge in [0.1, 0.15) is 11.2 Å². The van der Waals surface area contributed by atoms with E-state index in [1.165, 1.54) is 98.0 Å². The van der Waals surface area contributed by atoms with E-state index in [9.17, 15) is 0 Å². The van der Waals surface area contributed by atoms with Crippen LogP contribution in [0.2, 0.25) is 0 Å². The summed E-state index contributed by atoms with van der Waals surface area (Å²) in [4.78, 5) is 0. The van der Waals surface area contributed by atoms with Crippen LogP contribution in [0.25, 0.3) is 120 Å². The van der Waals surface area contributed by atoms with Crippen LogP contribution >= 0.6 is 0 Å². The summed E-state index contributed by atoms with van der Waals surface area (Å²) >= 11 is 0. The van der Waals surface area contributed by atoms with Crippen LogP contribution in [0.15, 0.2) is 199 Å². The molecule has 0 amide bonds. The molecule has 0 aliphatic carbocycles. The van der Waals surface area contributed by atoms with Crippen LogP contribution in [0.1, 0.15) is 0 Å². The van der Waals surface area contributed by atoms with E-state index in [2.05, 4.69) is 194 Å².